The number of aromatic amines is 1. The number of aromatic nitrogens is 5. The Morgan fingerprint density at radius 1 is 1.53 bits per heavy atom. The van der Waals surface area contributed by atoms with Crippen molar-refractivity contribution in [3.8, 4) is 0 Å². The highest BCUT2D eigenvalue weighted by molar-refractivity contribution is 5.93. The highest BCUT2D eigenvalue weighted by Crippen LogP contribution is 2.15. The molecule has 0 aromatic carbocycles. The van der Waals surface area contributed by atoms with Gasteiger partial charge in [0.25, 0.3) is 0 Å². The van der Waals surface area contributed by atoms with Gasteiger partial charge in [-0.1, -0.05) is 0 Å². The minimum atomic E-state index is -0.422. The molecule has 1 atom stereocenters. The highest BCUT2D eigenvalue weighted by Gasteiger charge is 2.17. The molecule has 7 nitrogen and oxygen atoms in total. The Kier molecular flexibility index (Phi) is 2.90. The minimum absolute atomic E-state index is 0.176. The third-order valence-corrected chi connectivity index (χ3v) is 2.71. The number of carbonyl (C=O) groups is 1. The first-order valence-electron chi connectivity index (χ1n) is 5.26. The van der Waals surface area contributed by atoms with Crippen molar-refractivity contribution < 1.29 is 4.79 Å². The van der Waals surface area contributed by atoms with Gasteiger partial charge in [0.15, 0.2) is 5.82 Å². The van der Waals surface area contributed by atoms with Crippen LogP contribution in [0.5, 0.6) is 0 Å². The molecule has 2 N–H and O–H groups in total. The molecule has 1 unspecified atom stereocenters. The molecule has 0 radical (unpaired) electrons. The zero-order chi connectivity index (χ0) is 12.4. The van der Waals surface area contributed by atoms with E-state index in [4.69, 9.17) is 0 Å². The lowest BCUT2D eigenvalue weighted by Gasteiger charge is -2.10. The summed E-state index contributed by atoms with van der Waals surface area (Å²) in [6, 6.07) is -0.422. The van der Waals surface area contributed by atoms with Crippen LogP contribution in [0, 0.1) is 13.8 Å². The standard InChI is InChI=1S/C10H14N6O/c1-6-7(2)14-15-9(6)13-10(17)8(3)16-5-11-4-12-16/h4-5,8H,1-3H3,(H2,13,14,15,17). The molecule has 90 valence electrons. The topological polar surface area (TPSA) is 88.5 Å². The summed E-state index contributed by atoms with van der Waals surface area (Å²) in [6.45, 7) is 5.55. The lowest BCUT2D eigenvalue weighted by molar-refractivity contribution is -0.119. The molecule has 0 aliphatic carbocycles. The third kappa shape index (κ3) is 2.17. The third-order valence-electron chi connectivity index (χ3n) is 2.71. The molecular formula is C10H14N6O. The van der Waals surface area contributed by atoms with Crippen LogP contribution in [-0.4, -0.2) is 30.9 Å². The van der Waals surface area contributed by atoms with Crippen LogP contribution in [0.3, 0.4) is 0 Å². The maximum absolute atomic E-state index is 11.9. The van der Waals surface area contributed by atoms with Crippen molar-refractivity contribution in [1.82, 2.24) is 25.0 Å². The summed E-state index contributed by atoms with van der Waals surface area (Å²) in [7, 11) is 0. The summed E-state index contributed by atoms with van der Waals surface area (Å²) in [5.41, 5.74) is 1.87. The number of hydrogen-bond acceptors (Lipinski definition) is 4. The van der Waals surface area contributed by atoms with Crippen molar-refractivity contribution in [1.29, 1.82) is 0 Å². The van der Waals surface area contributed by atoms with E-state index >= 15 is 0 Å². The van der Waals surface area contributed by atoms with Crippen molar-refractivity contribution in [2.24, 2.45) is 0 Å². The quantitative estimate of drug-likeness (QED) is 0.822. The van der Waals surface area contributed by atoms with Crippen molar-refractivity contribution >= 4 is 11.7 Å². The maximum Gasteiger partial charge on any atom is 0.250 e. The summed E-state index contributed by atoms with van der Waals surface area (Å²) in [4.78, 5) is 15.7. The van der Waals surface area contributed by atoms with E-state index in [2.05, 4.69) is 25.6 Å². The minimum Gasteiger partial charge on any atom is -0.307 e. The van der Waals surface area contributed by atoms with E-state index in [1.807, 2.05) is 13.8 Å². The molecule has 17 heavy (non-hydrogen) atoms. The van der Waals surface area contributed by atoms with E-state index in [1.165, 1.54) is 17.3 Å². The molecule has 0 saturated carbocycles. The van der Waals surface area contributed by atoms with Gasteiger partial charge in [-0.2, -0.15) is 10.2 Å². The summed E-state index contributed by atoms with van der Waals surface area (Å²) in [5.74, 6) is 0.379. The van der Waals surface area contributed by atoms with Crippen LogP contribution in [-0.2, 0) is 4.79 Å². The highest BCUT2D eigenvalue weighted by atomic mass is 16.2. The number of aryl methyl sites for hydroxylation is 1. The molecule has 2 aromatic rings. The van der Waals surface area contributed by atoms with E-state index in [1.54, 1.807) is 6.92 Å². The maximum atomic E-state index is 11.9. The molecule has 0 saturated heterocycles. The Hall–Kier alpha value is -2.18. The zero-order valence-electron chi connectivity index (χ0n) is 9.93. The average Bonchev–Trinajstić information content (AvgIpc) is 2.93. The van der Waals surface area contributed by atoms with Gasteiger partial charge in [-0.05, 0) is 20.8 Å². The zero-order valence-corrected chi connectivity index (χ0v) is 9.93. The number of nitrogens with zero attached hydrogens (tertiary/aromatic N) is 4. The van der Waals surface area contributed by atoms with Gasteiger partial charge in [0.05, 0.1) is 0 Å². The van der Waals surface area contributed by atoms with E-state index < -0.39 is 6.04 Å². The van der Waals surface area contributed by atoms with Gasteiger partial charge in [-0.15, -0.1) is 0 Å². The molecule has 0 fully saturated rings. The number of rotatable bonds is 3. The largest absolute Gasteiger partial charge is 0.307 e. The van der Waals surface area contributed by atoms with Gasteiger partial charge < -0.3 is 5.32 Å². The second-order valence-corrected chi connectivity index (χ2v) is 3.86. The number of H-pyrrole nitrogens is 1. The summed E-state index contributed by atoms with van der Waals surface area (Å²) in [5, 5.41) is 13.5. The fourth-order valence-electron chi connectivity index (χ4n) is 1.37. The molecular weight excluding hydrogens is 220 g/mol. The van der Waals surface area contributed by atoms with E-state index in [-0.39, 0.29) is 5.91 Å². The van der Waals surface area contributed by atoms with Gasteiger partial charge in [-0.25, -0.2) is 9.67 Å². The first-order chi connectivity index (χ1) is 8.09. The predicted molar refractivity (Wildman–Crippen MR) is 61.4 cm³/mol. The van der Waals surface area contributed by atoms with Crippen molar-refractivity contribution in [3.05, 3.63) is 23.9 Å². The van der Waals surface area contributed by atoms with Crippen molar-refractivity contribution in [2.75, 3.05) is 5.32 Å². The number of hydrogen-bond donors (Lipinski definition) is 2. The fraction of sp³-hybridized carbons (Fsp3) is 0.400. The van der Waals surface area contributed by atoms with Gasteiger partial charge in [0.2, 0.25) is 5.91 Å². The molecule has 0 bridgehead atoms. The van der Waals surface area contributed by atoms with E-state index in [9.17, 15) is 4.79 Å². The molecule has 0 aliphatic heterocycles. The Morgan fingerprint density at radius 2 is 2.29 bits per heavy atom. The summed E-state index contributed by atoms with van der Waals surface area (Å²) in [6.07, 6.45) is 2.90. The van der Waals surface area contributed by atoms with Crippen molar-refractivity contribution in [2.45, 2.75) is 26.8 Å². The first-order valence-corrected chi connectivity index (χ1v) is 5.26. The molecule has 0 aliphatic rings. The number of nitrogens with one attached hydrogen (secondary N) is 2. The van der Waals surface area contributed by atoms with Gasteiger partial charge in [0.1, 0.15) is 18.7 Å². The van der Waals surface area contributed by atoms with Gasteiger partial charge in [-0.3, -0.25) is 9.89 Å². The fourth-order valence-corrected chi connectivity index (χ4v) is 1.37. The van der Waals surface area contributed by atoms with Crippen LogP contribution in [0.2, 0.25) is 0 Å². The van der Waals surface area contributed by atoms with Crippen LogP contribution < -0.4 is 5.32 Å². The number of anilines is 1. The van der Waals surface area contributed by atoms with Crippen LogP contribution in [0.4, 0.5) is 5.82 Å². The predicted octanol–water partition coefficient (Wildman–Crippen LogP) is 0.818. The van der Waals surface area contributed by atoms with E-state index in [0.717, 1.165) is 11.3 Å². The molecule has 1 amide bonds. The van der Waals surface area contributed by atoms with Crippen LogP contribution >= 0.6 is 0 Å². The Morgan fingerprint density at radius 3 is 2.82 bits per heavy atom. The van der Waals surface area contributed by atoms with Gasteiger partial charge >= 0.3 is 0 Å². The first kappa shape index (κ1) is 11.3. The van der Waals surface area contributed by atoms with Crippen LogP contribution in [0.1, 0.15) is 24.2 Å². The molecule has 2 rings (SSSR count). The summed E-state index contributed by atoms with van der Waals surface area (Å²) >= 11 is 0. The van der Waals surface area contributed by atoms with E-state index in [0.29, 0.717) is 5.82 Å². The monoisotopic (exact) mass is 234 g/mol. The Balaban J connectivity index is 2.10. The number of carbonyl (C=O) groups excluding carboxylic acids is 1. The molecule has 2 heterocycles. The number of amides is 1. The smallest absolute Gasteiger partial charge is 0.250 e. The lowest BCUT2D eigenvalue weighted by Crippen LogP contribution is -2.24. The average molecular weight is 234 g/mol. The normalized spacial score (nSPS) is 12.4. The molecule has 7 heteroatoms. The lowest BCUT2D eigenvalue weighted by atomic mass is 10.2. The van der Waals surface area contributed by atoms with Crippen LogP contribution in [0.15, 0.2) is 12.7 Å². The second-order valence-electron chi connectivity index (χ2n) is 3.86. The second kappa shape index (κ2) is 4.36. The summed E-state index contributed by atoms with van der Waals surface area (Å²) < 4.78 is 1.49. The Bertz CT molecular complexity index is 515. The van der Waals surface area contributed by atoms with Crippen molar-refractivity contribution in [3.63, 3.8) is 0 Å². The van der Waals surface area contributed by atoms with Gasteiger partial charge in [0, 0.05) is 11.3 Å². The Labute approximate surface area is 98.2 Å². The van der Waals surface area contributed by atoms with Crippen LogP contribution in [0.25, 0.3) is 0 Å². The molecule has 0 spiro atoms. The SMILES string of the molecule is Cc1[nH]nc(NC(=O)C(C)n2cncn2)c1C. The molecule has 2 aromatic heterocycles.